The molecule has 0 spiro atoms. The summed E-state index contributed by atoms with van der Waals surface area (Å²) in [5, 5.41) is 0.210. The Kier molecular flexibility index (Phi) is 5.44. The van der Waals surface area contributed by atoms with E-state index in [-0.39, 0.29) is 5.28 Å². The average molecular weight is 394 g/mol. The molecule has 0 saturated carbocycles. The first-order chi connectivity index (χ1) is 13.6. The Hall–Kier alpha value is -2.66. The number of anilines is 4. The Balaban J connectivity index is 1.82. The largest absolute Gasteiger partial charge is 0.335 e. The van der Waals surface area contributed by atoms with Gasteiger partial charge in [0.15, 0.2) is 0 Å². The van der Waals surface area contributed by atoms with Gasteiger partial charge in [0, 0.05) is 23.5 Å². The van der Waals surface area contributed by atoms with E-state index in [0.29, 0.717) is 24.0 Å². The Morgan fingerprint density at radius 1 is 0.821 bits per heavy atom. The van der Waals surface area contributed by atoms with E-state index in [2.05, 4.69) is 28.7 Å². The molecule has 0 N–H and O–H groups in total. The van der Waals surface area contributed by atoms with Crippen molar-refractivity contribution in [2.45, 2.75) is 45.2 Å². The molecule has 3 aromatic rings. The maximum atomic E-state index is 6.37. The van der Waals surface area contributed by atoms with Crippen molar-refractivity contribution in [2.75, 3.05) is 9.80 Å². The summed E-state index contributed by atoms with van der Waals surface area (Å²) in [6, 6.07) is 20.9. The van der Waals surface area contributed by atoms with Crippen molar-refractivity contribution in [3.05, 3.63) is 65.9 Å². The summed E-state index contributed by atoms with van der Waals surface area (Å²) >= 11 is 6.37. The molecule has 28 heavy (non-hydrogen) atoms. The number of piperidine rings is 1. The minimum Gasteiger partial charge on any atom is -0.335 e. The lowest BCUT2D eigenvalue weighted by Crippen LogP contribution is -2.45. The SMILES string of the molecule is C[C@@H]1CCC[C@H](C)N1c1nc(Cl)nc(N(c2ccccc2)c2ccccc2)n1. The molecule has 0 radical (unpaired) electrons. The van der Waals surface area contributed by atoms with Crippen LogP contribution in [0.25, 0.3) is 0 Å². The zero-order chi connectivity index (χ0) is 19.5. The van der Waals surface area contributed by atoms with Gasteiger partial charge >= 0.3 is 0 Å². The molecule has 0 amide bonds. The molecule has 2 aromatic carbocycles. The lowest BCUT2D eigenvalue weighted by molar-refractivity contribution is 0.407. The summed E-state index contributed by atoms with van der Waals surface area (Å²) in [5.41, 5.74) is 1.95. The second-order valence-corrected chi connectivity index (χ2v) is 7.59. The number of aromatic nitrogens is 3. The highest BCUT2D eigenvalue weighted by Crippen LogP contribution is 2.34. The third-order valence-electron chi connectivity index (χ3n) is 5.24. The molecule has 4 rings (SSSR count). The van der Waals surface area contributed by atoms with Gasteiger partial charge in [-0.3, -0.25) is 4.90 Å². The third-order valence-corrected chi connectivity index (χ3v) is 5.41. The van der Waals surface area contributed by atoms with Crippen molar-refractivity contribution in [3.63, 3.8) is 0 Å². The van der Waals surface area contributed by atoms with Gasteiger partial charge in [-0.2, -0.15) is 15.0 Å². The lowest BCUT2D eigenvalue weighted by Gasteiger charge is -2.39. The van der Waals surface area contributed by atoms with Crippen LogP contribution in [-0.4, -0.2) is 27.0 Å². The number of rotatable bonds is 4. The Labute approximate surface area is 171 Å². The summed E-state index contributed by atoms with van der Waals surface area (Å²) in [5.74, 6) is 1.17. The van der Waals surface area contributed by atoms with Crippen molar-refractivity contribution < 1.29 is 0 Å². The second-order valence-electron chi connectivity index (χ2n) is 7.25. The fourth-order valence-corrected chi connectivity index (χ4v) is 4.05. The smallest absolute Gasteiger partial charge is 0.240 e. The first-order valence-corrected chi connectivity index (χ1v) is 10.1. The van der Waals surface area contributed by atoms with Crippen molar-refractivity contribution >= 4 is 34.9 Å². The van der Waals surface area contributed by atoms with Gasteiger partial charge in [0.2, 0.25) is 17.2 Å². The molecule has 1 aromatic heterocycles. The van der Waals surface area contributed by atoms with E-state index < -0.39 is 0 Å². The molecule has 1 aliphatic heterocycles. The Morgan fingerprint density at radius 3 is 1.89 bits per heavy atom. The van der Waals surface area contributed by atoms with Gasteiger partial charge in [0.25, 0.3) is 0 Å². The molecule has 0 aliphatic carbocycles. The van der Waals surface area contributed by atoms with Crippen LogP contribution in [-0.2, 0) is 0 Å². The predicted octanol–water partition coefficient (Wildman–Crippen LogP) is 5.76. The molecule has 144 valence electrons. The van der Waals surface area contributed by atoms with Gasteiger partial charge in [-0.05, 0) is 69.0 Å². The summed E-state index contributed by atoms with van der Waals surface area (Å²) in [4.78, 5) is 18.1. The fraction of sp³-hybridized carbons (Fsp3) is 0.318. The third kappa shape index (κ3) is 3.80. The van der Waals surface area contributed by atoms with E-state index in [1.807, 2.05) is 65.6 Å². The molecule has 1 fully saturated rings. The van der Waals surface area contributed by atoms with E-state index >= 15 is 0 Å². The molecule has 0 bridgehead atoms. The number of nitrogens with zero attached hydrogens (tertiary/aromatic N) is 5. The Bertz CT molecular complexity index is 869. The van der Waals surface area contributed by atoms with Crippen molar-refractivity contribution in [1.29, 1.82) is 0 Å². The lowest BCUT2D eigenvalue weighted by atomic mass is 9.98. The zero-order valence-electron chi connectivity index (χ0n) is 16.2. The van der Waals surface area contributed by atoms with E-state index in [0.717, 1.165) is 24.2 Å². The van der Waals surface area contributed by atoms with E-state index in [4.69, 9.17) is 16.6 Å². The van der Waals surface area contributed by atoms with Gasteiger partial charge in [0.1, 0.15) is 0 Å². The van der Waals surface area contributed by atoms with Crippen LogP contribution in [0.3, 0.4) is 0 Å². The average Bonchev–Trinajstić information content (AvgIpc) is 2.69. The zero-order valence-corrected chi connectivity index (χ0v) is 16.9. The molecule has 5 nitrogen and oxygen atoms in total. The number of halogens is 1. The van der Waals surface area contributed by atoms with Crippen molar-refractivity contribution in [3.8, 4) is 0 Å². The standard InChI is InChI=1S/C22H24ClN5/c1-16-10-9-11-17(2)27(16)21-24-20(23)25-22(26-21)28(18-12-5-3-6-13-18)19-14-7-4-8-15-19/h3-8,12-17H,9-11H2,1-2H3/t16-,17+. The van der Waals surface area contributed by atoms with E-state index in [1.165, 1.54) is 6.42 Å². The van der Waals surface area contributed by atoms with Gasteiger partial charge in [-0.25, -0.2) is 0 Å². The first kappa shape index (κ1) is 18.7. The summed E-state index contributed by atoms with van der Waals surface area (Å²) in [7, 11) is 0. The normalized spacial score (nSPS) is 19.5. The van der Waals surface area contributed by atoms with Crippen molar-refractivity contribution in [1.82, 2.24) is 15.0 Å². The first-order valence-electron chi connectivity index (χ1n) is 9.73. The molecule has 2 heterocycles. The second kappa shape index (κ2) is 8.15. The fourth-order valence-electron chi connectivity index (χ4n) is 3.89. The monoisotopic (exact) mass is 393 g/mol. The number of hydrogen-bond acceptors (Lipinski definition) is 5. The molecular formula is C22H24ClN5. The summed E-state index contributed by atoms with van der Waals surface area (Å²) in [6.45, 7) is 4.44. The predicted molar refractivity (Wildman–Crippen MR) is 115 cm³/mol. The Morgan fingerprint density at radius 2 is 1.36 bits per heavy atom. The van der Waals surface area contributed by atoms with Crippen LogP contribution in [0.4, 0.5) is 23.3 Å². The van der Waals surface area contributed by atoms with Crippen LogP contribution < -0.4 is 9.80 Å². The highest BCUT2D eigenvalue weighted by Gasteiger charge is 2.28. The molecule has 0 unspecified atom stereocenters. The number of para-hydroxylation sites is 2. The van der Waals surface area contributed by atoms with E-state index in [9.17, 15) is 0 Å². The molecule has 2 atom stereocenters. The summed E-state index contributed by atoms with van der Waals surface area (Å²) < 4.78 is 0. The van der Waals surface area contributed by atoms with Crippen LogP contribution >= 0.6 is 11.6 Å². The van der Waals surface area contributed by atoms with Crippen LogP contribution in [0.1, 0.15) is 33.1 Å². The van der Waals surface area contributed by atoms with Crippen LogP contribution in [0, 0.1) is 0 Å². The molecule has 6 heteroatoms. The minimum atomic E-state index is 0.210. The topological polar surface area (TPSA) is 45.2 Å². The van der Waals surface area contributed by atoms with Crippen LogP contribution in [0.5, 0.6) is 0 Å². The van der Waals surface area contributed by atoms with Crippen molar-refractivity contribution in [2.24, 2.45) is 0 Å². The number of hydrogen-bond donors (Lipinski definition) is 0. The van der Waals surface area contributed by atoms with Crippen LogP contribution in [0.15, 0.2) is 60.7 Å². The van der Waals surface area contributed by atoms with Gasteiger partial charge in [0.05, 0.1) is 0 Å². The van der Waals surface area contributed by atoms with Gasteiger partial charge in [-0.15, -0.1) is 0 Å². The maximum Gasteiger partial charge on any atom is 0.240 e. The van der Waals surface area contributed by atoms with Gasteiger partial charge in [-0.1, -0.05) is 36.4 Å². The molecular weight excluding hydrogens is 370 g/mol. The highest BCUT2D eigenvalue weighted by molar-refractivity contribution is 6.28. The highest BCUT2D eigenvalue weighted by atomic mass is 35.5. The van der Waals surface area contributed by atoms with Gasteiger partial charge < -0.3 is 4.90 Å². The quantitative estimate of drug-likeness (QED) is 0.563. The summed E-state index contributed by atoms with van der Waals surface area (Å²) in [6.07, 6.45) is 3.48. The molecule has 1 aliphatic rings. The maximum absolute atomic E-state index is 6.37. The molecule has 1 saturated heterocycles. The van der Waals surface area contributed by atoms with Crippen LogP contribution in [0.2, 0.25) is 5.28 Å². The van der Waals surface area contributed by atoms with E-state index in [1.54, 1.807) is 0 Å². The number of benzene rings is 2. The minimum absolute atomic E-state index is 0.210.